The molecular formula is C15H26N2O3. The van der Waals surface area contributed by atoms with Crippen LogP contribution in [0.5, 0.6) is 11.5 Å². The van der Waals surface area contributed by atoms with Gasteiger partial charge in [0.1, 0.15) is 11.5 Å². The number of hydrogen-bond donors (Lipinski definition) is 2. The molecule has 0 aliphatic carbocycles. The van der Waals surface area contributed by atoms with Crippen LogP contribution in [0.15, 0.2) is 18.2 Å². The summed E-state index contributed by atoms with van der Waals surface area (Å²) in [5.41, 5.74) is 0.843. The Bertz CT molecular complexity index is 397. The van der Waals surface area contributed by atoms with Gasteiger partial charge in [-0.05, 0) is 40.1 Å². The molecule has 0 aliphatic heterocycles. The summed E-state index contributed by atoms with van der Waals surface area (Å²) in [5.74, 6) is 1.56. The van der Waals surface area contributed by atoms with Gasteiger partial charge >= 0.3 is 0 Å². The third-order valence-corrected chi connectivity index (χ3v) is 2.67. The van der Waals surface area contributed by atoms with Gasteiger partial charge in [-0.3, -0.25) is 0 Å². The number of likely N-dealkylation sites (N-methyl/N-ethyl adjacent to an activating group) is 1. The molecule has 1 aromatic rings. The van der Waals surface area contributed by atoms with E-state index in [4.69, 9.17) is 9.47 Å². The molecule has 0 saturated carbocycles. The zero-order chi connectivity index (χ0) is 15.0. The predicted octanol–water partition coefficient (Wildman–Crippen LogP) is 1.82. The smallest absolute Gasteiger partial charge is 0.142 e. The number of rotatable bonds is 9. The van der Waals surface area contributed by atoms with E-state index in [1.165, 1.54) is 0 Å². The number of nitrogens with zero attached hydrogens (tertiary/aromatic N) is 1. The van der Waals surface area contributed by atoms with Gasteiger partial charge in [0.15, 0.2) is 0 Å². The lowest BCUT2D eigenvalue weighted by molar-refractivity contribution is 0.148. The lowest BCUT2D eigenvalue weighted by Crippen LogP contribution is -2.31. The van der Waals surface area contributed by atoms with E-state index in [0.29, 0.717) is 26.3 Å². The summed E-state index contributed by atoms with van der Waals surface area (Å²) < 4.78 is 11.1. The summed E-state index contributed by atoms with van der Waals surface area (Å²) >= 11 is 0. The molecule has 114 valence electrons. The SMILES string of the molecule is CCOc1ccc(OCC)c(NCC(O)CN(C)C)c1. The summed E-state index contributed by atoms with van der Waals surface area (Å²) in [5, 5.41) is 13.1. The second kappa shape index (κ2) is 8.66. The fourth-order valence-electron chi connectivity index (χ4n) is 1.90. The minimum absolute atomic E-state index is 0.435. The Morgan fingerprint density at radius 1 is 1.20 bits per heavy atom. The Hall–Kier alpha value is -1.46. The average molecular weight is 282 g/mol. The molecule has 1 atom stereocenters. The summed E-state index contributed by atoms with van der Waals surface area (Å²) in [4.78, 5) is 1.95. The lowest BCUT2D eigenvalue weighted by Gasteiger charge is -2.19. The molecule has 5 nitrogen and oxygen atoms in total. The van der Waals surface area contributed by atoms with Gasteiger partial charge in [0, 0.05) is 19.2 Å². The molecule has 0 radical (unpaired) electrons. The first-order chi connectivity index (χ1) is 9.56. The van der Waals surface area contributed by atoms with Crippen LogP contribution in [-0.4, -0.2) is 56.5 Å². The first kappa shape index (κ1) is 16.6. The highest BCUT2D eigenvalue weighted by Crippen LogP contribution is 2.29. The highest BCUT2D eigenvalue weighted by Gasteiger charge is 2.09. The van der Waals surface area contributed by atoms with Gasteiger partial charge in [-0.25, -0.2) is 0 Å². The summed E-state index contributed by atoms with van der Waals surface area (Å²) in [7, 11) is 3.87. The van der Waals surface area contributed by atoms with Crippen molar-refractivity contribution in [2.45, 2.75) is 20.0 Å². The van der Waals surface area contributed by atoms with Gasteiger partial charge in [-0.2, -0.15) is 0 Å². The van der Waals surface area contributed by atoms with Crippen LogP contribution in [0.3, 0.4) is 0 Å². The molecule has 0 bridgehead atoms. The molecule has 1 aromatic carbocycles. The molecule has 1 unspecified atom stereocenters. The van der Waals surface area contributed by atoms with Crippen molar-refractivity contribution in [3.8, 4) is 11.5 Å². The zero-order valence-electron chi connectivity index (χ0n) is 12.8. The van der Waals surface area contributed by atoms with E-state index in [-0.39, 0.29) is 0 Å². The van der Waals surface area contributed by atoms with Gasteiger partial charge in [-0.1, -0.05) is 0 Å². The molecule has 1 rings (SSSR count). The number of aliphatic hydroxyl groups is 1. The number of benzene rings is 1. The van der Waals surface area contributed by atoms with E-state index in [9.17, 15) is 5.11 Å². The summed E-state index contributed by atoms with van der Waals surface area (Å²) in [6.07, 6.45) is -0.435. The van der Waals surface area contributed by atoms with Crippen LogP contribution in [0.2, 0.25) is 0 Å². The van der Waals surface area contributed by atoms with E-state index in [1.54, 1.807) is 0 Å². The van der Waals surface area contributed by atoms with Gasteiger partial charge in [0.05, 0.1) is 25.0 Å². The highest BCUT2D eigenvalue weighted by molar-refractivity contribution is 5.59. The highest BCUT2D eigenvalue weighted by atomic mass is 16.5. The maximum absolute atomic E-state index is 9.90. The Kier molecular flexibility index (Phi) is 7.18. The largest absolute Gasteiger partial charge is 0.494 e. The van der Waals surface area contributed by atoms with Crippen LogP contribution >= 0.6 is 0 Å². The molecule has 0 heterocycles. The Morgan fingerprint density at radius 3 is 2.50 bits per heavy atom. The molecular weight excluding hydrogens is 256 g/mol. The standard InChI is InChI=1S/C15H26N2O3/c1-5-19-13-7-8-15(20-6-2)14(9-13)16-10-12(18)11-17(3)4/h7-9,12,16,18H,5-6,10-11H2,1-4H3. The van der Waals surface area contributed by atoms with E-state index in [1.807, 2.05) is 51.0 Å². The Balaban J connectivity index is 2.71. The van der Waals surface area contributed by atoms with Gasteiger partial charge in [0.25, 0.3) is 0 Å². The normalized spacial score (nSPS) is 12.3. The molecule has 0 spiro atoms. The van der Waals surface area contributed by atoms with Crippen LogP contribution in [0.1, 0.15) is 13.8 Å². The number of aliphatic hydroxyl groups excluding tert-OH is 1. The van der Waals surface area contributed by atoms with Crippen LogP contribution in [0.25, 0.3) is 0 Å². The molecule has 20 heavy (non-hydrogen) atoms. The van der Waals surface area contributed by atoms with E-state index < -0.39 is 6.10 Å². The number of nitrogens with one attached hydrogen (secondary N) is 1. The maximum atomic E-state index is 9.90. The first-order valence-corrected chi connectivity index (χ1v) is 7.03. The second-order valence-electron chi connectivity index (χ2n) is 4.82. The topological polar surface area (TPSA) is 54.0 Å². The third-order valence-electron chi connectivity index (χ3n) is 2.67. The van der Waals surface area contributed by atoms with Gasteiger partial charge in [-0.15, -0.1) is 0 Å². The van der Waals surface area contributed by atoms with Crippen molar-refractivity contribution in [3.63, 3.8) is 0 Å². The van der Waals surface area contributed by atoms with Gasteiger partial charge in [0.2, 0.25) is 0 Å². The van der Waals surface area contributed by atoms with Crippen LogP contribution in [0, 0.1) is 0 Å². The average Bonchev–Trinajstić information content (AvgIpc) is 2.38. The van der Waals surface area contributed by atoms with Crippen molar-refractivity contribution in [1.82, 2.24) is 4.90 Å². The van der Waals surface area contributed by atoms with Crippen molar-refractivity contribution in [2.24, 2.45) is 0 Å². The molecule has 0 aromatic heterocycles. The Morgan fingerprint density at radius 2 is 1.90 bits per heavy atom. The second-order valence-corrected chi connectivity index (χ2v) is 4.82. The van der Waals surface area contributed by atoms with E-state index in [0.717, 1.165) is 17.2 Å². The van der Waals surface area contributed by atoms with Crippen LogP contribution < -0.4 is 14.8 Å². The monoisotopic (exact) mass is 282 g/mol. The Labute approximate surface area is 121 Å². The number of anilines is 1. The molecule has 0 aliphatic rings. The van der Waals surface area contributed by atoms with E-state index >= 15 is 0 Å². The first-order valence-electron chi connectivity index (χ1n) is 7.03. The van der Waals surface area contributed by atoms with Crippen LogP contribution in [-0.2, 0) is 0 Å². The number of ether oxygens (including phenoxy) is 2. The minimum atomic E-state index is -0.435. The third kappa shape index (κ3) is 5.67. The van der Waals surface area contributed by atoms with Gasteiger partial charge < -0.3 is 24.8 Å². The molecule has 2 N–H and O–H groups in total. The molecule has 5 heteroatoms. The summed E-state index contributed by atoms with van der Waals surface area (Å²) in [6, 6.07) is 5.67. The quantitative estimate of drug-likeness (QED) is 0.723. The van der Waals surface area contributed by atoms with Crippen molar-refractivity contribution in [1.29, 1.82) is 0 Å². The lowest BCUT2D eigenvalue weighted by atomic mass is 10.2. The van der Waals surface area contributed by atoms with Crippen molar-refractivity contribution >= 4 is 5.69 Å². The van der Waals surface area contributed by atoms with Crippen molar-refractivity contribution in [3.05, 3.63) is 18.2 Å². The predicted molar refractivity (Wildman–Crippen MR) is 81.8 cm³/mol. The zero-order valence-corrected chi connectivity index (χ0v) is 12.8. The summed E-state index contributed by atoms with van der Waals surface area (Å²) in [6.45, 7) is 6.20. The van der Waals surface area contributed by atoms with Crippen molar-refractivity contribution < 1.29 is 14.6 Å². The van der Waals surface area contributed by atoms with E-state index in [2.05, 4.69) is 5.32 Å². The maximum Gasteiger partial charge on any atom is 0.142 e. The fraction of sp³-hybridized carbons (Fsp3) is 0.600. The molecule has 0 saturated heterocycles. The van der Waals surface area contributed by atoms with Crippen LogP contribution in [0.4, 0.5) is 5.69 Å². The van der Waals surface area contributed by atoms with Crippen molar-refractivity contribution in [2.75, 3.05) is 45.7 Å². The minimum Gasteiger partial charge on any atom is -0.494 e. The molecule has 0 fully saturated rings. The fourth-order valence-corrected chi connectivity index (χ4v) is 1.90. The number of hydrogen-bond acceptors (Lipinski definition) is 5. The molecule has 0 amide bonds.